The summed E-state index contributed by atoms with van der Waals surface area (Å²) < 4.78 is 0. The average Bonchev–Trinajstić information content (AvgIpc) is 2.32. The van der Waals surface area contributed by atoms with Gasteiger partial charge in [-0.2, -0.15) is 0 Å². The predicted molar refractivity (Wildman–Crippen MR) is 66.1 cm³/mol. The van der Waals surface area contributed by atoms with Gasteiger partial charge in [-0.25, -0.2) is 5.06 Å². The fourth-order valence-electron chi connectivity index (χ4n) is 2.40. The van der Waals surface area contributed by atoms with E-state index >= 15 is 0 Å². The third-order valence-corrected chi connectivity index (χ3v) is 3.54. The minimum absolute atomic E-state index is 0.108. The summed E-state index contributed by atoms with van der Waals surface area (Å²) in [6.45, 7) is 0. The molecule has 1 amide bonds. The van der Waals surface area contributed by atoms with E-state index in [0.717, 1.165) is 19.3 Å². The highest BCUT2D eigenvalue weighted by Gasteiger charge is 2.35. The van der Waals surface area contributed by atoms with E-state index in [0.29, 0.717) is 5.92 Å². The largest absolute Gasteiger partial charge is 0.275 e. The number of hydrogen-bond donors (Lipinski definition) is 0. The van der Waals surface area contributed by atoms with E-state index in [1.165, 1.54) is 17.7 Å². The summed E-state index contributed by atoms with van der Waals surface area (Å²) in [6, 6.07) is 10.5. The maximum absolute atomic E-state index is 11.8. The Balaban J connectivity index is 1.78. The second-order valence-corrected chi connectivity index (χ2v) is 4.74. The molecule has 1 aliphatic carbocycles. The normalized spacial score (nSPS) is 22.9. The van der Waals surface area contributed by atoms with Gasteiger partial charge in [-0.15, -0.1) is 0 Å². The molecule has 0 aliphatic heterocycles. The lowest BCUT2D eigenvalue weighted by atomic mass is 9.71. The van der Waals surface area contributed by atoms with Gasteiger partial charge in [0.2, 0.25) is 5.91 Å². The van der Waals surface area contributed by atoms with Gasteiger partial charge in [0.15, 0.2) is 0 Å². The first-order valence-electron chi connectivity index (χ1n) is 6.06. The Labute approximate surface area is 102 Å². The molecule has 1 fully saturated rings. The van der Waals surface area contributed by atoms with Gasteiger partial charge >= 0.3 is 0 Å². The Morgan fingerprint density at radius 1 is 1.35 bits per heavy atom. The molecule has 0 aromatic heterocycles. The van der Waals surface area contributed by atoms with Gasteiger partial charge in [-0.05, 0) is 30.7 Å². The molecule has 0 heterocycles. The second kappa shape index (κ2) is 5.32. The molecule has 1 saturated carbocycles. The molecule has 0 radical (unpaired) electrons. The van der Waals surface area contributed by atoms with Crippen molar-refractivity contribution in [3.05, 3.63) is 35.9 Å². The quantitative estimate of drug-likeness (QED) is 0.747. The molecule has 0 spiro atoms. The van der Waals surface area contributed by atoms with Crippen LogP contribution in [-0.2, 0) is 16.1 Å². The predicted octanol–water partition coefficient (Wildman–Crippen LogP) is 2.28. The van der Waals surface area contributed by atoms with Crippen molar-refractivity contribution in [2.45, 2.75) is 19.3 Å². The fourth-order valence-corrected chi connectivity index (χ4v) is 2.40. The molecule has 0 unspecified atom stereocenters. The highest BCUT2D eigenvalue weighted by atomic mass is 16.7. The Hall–Kier alpha value is -1.35. The van der Waals surface area contributed by atoms with Crippen molar-refractivity contribution in [2.75, 3.05) is 14.2 Å². The Kier molecular flexibility index (Phi) is 3.79. The van der Waals surface area contributed by atoms with E-state index in [-0.39, 0.29) is 11.8 Å². The number of carbonyl (C=O) groups excluding carboxylic acids is 1. The minimum Gasteiger partial charge on any atom is -0.275 e. The summed E-state index contributed by atoms with van der Waals surface area (Å²) in [6.07, 6.45) is 3.06. The van der Waals surface area contributed by atoms with Crippen LogP contribution in [0.15, 0.2) is 30.3 Å². The molecule has 92 valence electrons. The van der Waals surface area contributed by atoms with E-state index in [2.05, 4.69) is 24.3 Å². The van der Waals surface area contributed by atoms with Gasteiger partial charge in [-0.1, -0.05) is 30.3 Å². The molecule has 0 N–H and O–H groups in total. The maximum atomic E-state index is 11.8. The van der Waals surface area contributed by atoms with Crippen molar-refractivity contribution in [1.82, 2.24) is 5.06 Å². The highest BCUT2D eigenvalue weighted by molar-refractivity contribution is 5.78. The molecule has 0 saturated heterocycles. The van der Waals surface area contributed by atoms with Crippen molar-refractivity contribution in [2.24, 2.45) is 11.8 Å². The van der Waals surface area contributed by atoms with Crippen LogP contribution in [0.5, 0.6) is 0 Å². The van der Waals surface area contributed by atoms with Gasteiger partial charge in [-0.3, -0.25) is 9.63 Å². The Morgan fingerprint density at radius 2 is 2.00 bits per heavy atom. The SMILES string of the molecule is CON(C)C(=O)C1CC(Cc2ccccc2)C1. The minimum atomic E-state index is 0.108. The van der Waals surface area contributed by atoms with Crippen molar-refractivity contribution in [3.8, 4) is 0 Å². The molecule has 3 heteroatoms. The van der Waals surface area contributed by atoms with Crippen LogP contribution in [0.2, 0.25) is 0 Å². The van der Waals surface area contributed by atoms with Crippen LogP contribution < -0.4 is 0 Å². The number of rotatable bonds is 4. The zero-order valence-corrected chi connectivity index (χ0v) is 10.4. The lowest BCUT2D eigenvalue weighted by Crippen LogP contribution is -2.39. The average molecular weight is 233 g/mol. The van der Waals surface area contributed by atoms with Crippen molar-refractivity contribution < 1.29 is 9.63 Å². The second-order valence-electron chi connectivity index (χ2n) is 4.74. The summed E-state index contributed by atoms with van der Waals surface area (Å²) in [5.74, 6) is 0.919. The zero-order valence-electron chi connectivity index (χ0n) is 10.4. The number of hydrogen-bond acceptors (Lipinski definition) is 2. The van der Waals surface area contributed by atoms with Crippen LogP contribution in [0.25, 0.3) is 0 Å². The molecule has 0 atom stereocenters. The van der Waals surface area contributed by atoms with Crippen LogP contribution in [0.4, 0.5) is 0 Å². The van der Waals surface area contributed by atoms with E-state index in [1.807, 2.05) is 6.07 Å². The van der Waals surface area contributed by atoms with E-state index in [9.17, 15) is 4.79 Å². The van der Waals surface area contributed by atoms with Gasteiger partial charge in [0, 0.05) is 13.0 Å². The molecule has 0 bridgehead atoms. The molecule has 1 aromatic carbocycles. The first kappa shape index (κ1) is 12.1. The number of amides is 1. The van der Waals surface area contributed by atoms with E-state index in [4.69, 9.17) is 4.84 Å². The summed E-state index contributed by atoms with van der Waals surface area (Å²) in [7, 11) is 3.20. The topological polar surface area (TPSA) is 29.5 Å². The van der Waals surface area contributed by atoms with E-state index < -0.39 is 0 Å². The summed E-state index contributed by atoms with van der Waals surface area (Å²) in [5.41, 5.74) is 1.36. The number of benzene rings is 1. The molecular formula is C14H19NO2. The molecular weight excluding hydrogens is 214 g/mol. The highest BCUT2D eigenvalue weighted by Crippen LogP contribution is 2.37. The Morgan fingerprint density at radius 3 is 2.59 bits per heavy atom. The summed E-state index contributed by atoms with van der Waals surface area (Å²) in [4.78, 5) is 16.7. The lowest BCUT2D eigenvalue weighted by molar-refractivity contribution is -0.177. The Bertz CT molecular complexity index is 371. The van der Waals surface area contributed by atoms with Crippen LogP contribution >= 0.6 is 0 Å². The van der Waals surface area contributed by atoms with E-state index in [1.54, 1.807) is 7.05 Å². The lowest BCUT2D eigenvalue weighted by Gasteiger charge is -2.35. The molecule has 1 aromatic rings. The molecule has 3 nitrogen and oxygen atoms in total. The summed E-state index contributed by atoms with van der Waals surface area (Å²) in [5, 5.41) is 1.34. The first-order valence-corrected chi connectivity index (χ1v) is 6.06. The van der Waals surface area contributed by atoms with Gasteiger partial charge < -0.3 is 0 Å². The van der Waals surface area contributed by atoms with Crippen LogP contribution in [0.3, 0.4) is 0 Å². The van der Waals surface area contributed by atoms with Crippen molar-refractivity contribution in [1.29, 1.82) is 0 Å². The monoisotopic (exact) mass is 233 g/mol. The first-order chi connectivity index (χ1) is 8.20. The van der Waals surface area contributed by atoms with Gasteiger partial charge in [0.1, 0.15) is 0 Å². The van der Waals surface area contributed by atoms with Crippen LogP contribution in [0, 0.1) is 11.8 Å². The van der Waals surface area contributed by atoms with Crippen LogP contribution in [-0.4, -0.2) is 25.1 Å². The third kappa shape index (κ3) is 2.86. The number of nitrogens with zero attached hydrogens (tertiary/aromatic N) is 1. The fraction of sp³-hybridized carbons (Fsp3) is 0.500. The zero-order chi connectivity index (χ0) is 12.3. The standard InChI is InChI=1S/C14H19NO2/c1-15(17-2)14(16)13-9-12(10-13)8-11-6-4-3-5-7-11/h3-7,12-13H,8-10H2,1-2H3. The van der Waals surface area contributed by atoms with Gasteiger partial charge in [0.25, 0.3) is 0 Å². The third-order valence-electron chi connectivity index (χ3n) is 3.54. The maximum Gasteiger partial charge on any atom is 0.248 e. The van der Waals surface area contributed by atoms with Crippen molar-refractivity contribution in [3.63, 3.8) is 0 Å². The van der Waals surface area contributed by atoms with Crippen molar-refractivity contribution >= 4 is 5.91 Å². The summed E-state index contributed by atoms with van der Waals surface area (Å²) >= 11 is 0. The molecule has 1 aliphatic rings. The number of hydroxylamine groups is 2. The van der Waals surface area contributed by atoms with Crippen LogP contribution in [0.1, 0.15) is 18.4 Å². The molecule has 2 rings (SSSR count). The number of carbonyl (C=O) groups is 1. The smallest absolute Gasteiger partial charge is 0.248 e. The van der Waals surface area contributed by atoms with Gasteiger partial charge in [0.05, 0.1) is 7.11 Å². The molecule has 17 heavy (non-hydrogen) atoms.